The summed E-state index contributed by atoms with van der Waals surface area (Å²) in [5, 5.41) is 5.89. The maximum Gasteiger partial charge on any atom is 0.417 e. The van der Waals surface area contributed by atoms with Crippen LogP contribution >= 0.6 is 11.6 Å². The molecule has 0 aliphatic heterocycles. The highest BCUT2D eigenvalue weighted by Gasteiger charge is 2.33. The first-order valence-corrected chi connectivity index (χ1v) is 6.24. The lowest BCUT2D eigenvalue weighted by Crippen LogP contribution is -2.14. The number of benzene rings is 1. The highest BCUT2D eigenvalue weighted by molar-refractivity contribution is 6.31. The van der Waals surface area contributed by atoms with Crippen molar-refractivity contribution in [2.24, 2.45) is 7.05 Å². The Balaban J connectivity index is 2.28. The molecule has 0 spiro atoms. The van der Waals surface area contributed by atoms with Crippen molar-refractivity contribution in [3.63, 3.8) is 0 Å². The summed E-state index contributed by atoms with van der Waals surface area (Å²) in [6, 6.07) is 3.20. The quantitative estimate of drug-likeness (QED) is 0.919. The van der Waals surface area contributed by atoms with Crippen LogP contribution in [0.1, 0.15) is 21.6 Å². The largest absolute Gasteiger partial charge is 0.417 e. The highest BCUT2D eigenvalue weighted by Crippen LogP contribution is 2.36. The SMILES string of the molecule is Cc1c(C(=O)Nc2ccc(Cl)c(C(F)(F)F)c2)cnn1C. The van der Waals surface area contributed by atoms with Gasteiger partial charge < -0.3 is 5.32 Å². The van der Waals surface area contributed by atoms with Crippen molar-refractivity contribution in [1.29, 1.82) is 0 Å². The van der Waals surface area contributed by atoms with E-state index < -0.39 is 22.7 Å². The first kappa shape index (κ1) is 15.4. The molecule has 1 aromatic heterocycles. The van der Waals surface area contributed by atoms with Gasteiger partial charge in [0.05, 0.1) is 22.3 Å². The number of anilines is 1. The van der Waals surface area contributed by atoms with Crippen molar-refractivity contribution in [3.8, 4) is 0 Å². The summed E-state index contributed by atoms with van der Waals surface area (Å²) in [4.78, 5) is 12.0. The van der Waals surface area contributed by atoms with Crippen LogP contribution in [0.2, 0.25) is 5.02 Å². The second-order valence-corrected chi connectivity index (χ2v) is 4.82. The molecular formula is C13H11ClF3N3O. The molecule has 0 atom stereocenters. The molecule has 0 aliphatic carbocycles. The molecule has 0 bridgehead atoms. The molecule has 4 nitrogen and oxygen atoms in total. The Morgan fingerprint density at radius 1 is 1.38 bits per heavy atom. The Morgan fingerprint density at radius 3 is 2.57 bits per heavy atom. The van der Waals surface area contributed by atoms with Gasteiger partial charge in [-0.15, -0.1) is 0 Å². The molecule has 2 aromatic rings. The van der Waals surface area contributed by atoms with E-state index in [-0.39, 0.29) is 5.69 Å². The summed E-state index contributed by atoms with van der Waals surface area (Å²) in [5.74, 6) is -0.531. The van der Waals surface area contributed by atoms with Gasteiger partial charge in [0, 0.05) is 18.4 Å². The van der Waals surface area contributed by atoms with Crippen LogP contribution in [-0.2, 0) is 13.2 Å². The zero-order valence-electron chi connectivity index (χ0n) is 11.1. The lowest BCUT2D eigenvalue weighted by Gasteiger charge is -2.11. The zero-order valence-corrected chi connectivity index (χ0v) is 11.9. The Labute approximate surface area is 123 Å². The number of hydrogen-bond acceptors (Lipinski definition) is 2. The number of nitrogens with one attached hydrogen (secondary N) is 1. The minimum atomic E-state index is -4.58. The number of aromatic nitrogens is 2. The number of hydrogen-bond donors (Lipinski definition) is 1. The smallest absolute Gasteiger partial charge is 0.322 e. The van der Waals surface area contributed by atoms with Crippen LogP contribution in [-0.4, -0.2) is 15.7 Å². The van der Waals surface area contributed by atoms with Crippen molar-refractivity contribution in [2.75, 3.05) is 5.32 Å². The van der Waals surface area contributed by atoms with Gasteiger partial charge in [-0.05, 0) is 25.1 Å². The van der Waals surface area contributed by atoms with E-state index in [1.807, 2.05) is 0 Å². The van der Waals surface area contributed by atoms with Crippen molar-refractivity contribution >= 4 is 23.2 Å². The molecule has 0 aliphatic rings. The fourth-order valence-electron chi connectivity index (χ4n) is 1.74. The highest BCUT2D eigenvalue weighted by atomic mass is 35.5. The molecule has 112 valence electrons. The molecule has 1 N–H and O–H groups in total. The van der Waals surface area contributed by atoms with Gasteiger partial charge in [0.15, 0.2) is 0 Å². The van der Waals surface area contributed by atoms with Crippen LogP contribution in [0.15, 0.2) is 24.4 Å². The van der Waals surface area contributed by atoms with Crippen LogP contribution in [0, 0.1) is 6.92 Å². The van der Waals surface area contributed by atoms with E-state index in [4.69, 9.17) is 11.6 Å². The molecule has 0 fully saturated rings. The van der Waals surface area contributed by atoms with Gasteiger partial charge in [-0.25, -0.2) is 0 Å². The van der Waals surface area contributed by atoms with Gasteiger partial charge in [0.1, 0.15) is 0 Å². The summed E-state index contributed by atoms with van der Waals surface area (Å²) < 4.78 is 39.7. The van der Waals surface area contributed by atoms with Crippen molar-refractivity contribution in [1.82, 2.24) is 9.78 Å². The predicted molar refractivity (Wildman–Crippen MR) is 72.4 cm³/mol. The fourth-order valence-corrected chi connectivity index (χ4v) is 1.96. The van der Waals surface area contributed by atoms with Crippen LogP contribution < -0.4 is 5.32 Å². The Bertz CT molecular complexity index is 694. The van der Waals surface area contributed by atoms with E-state index in [2.05, 4.69) is 10.4 Å². The van der Waals surface area contributed by atoms with E-state index in [0.717, 1.165) is 12.1 Å². The van der Waals surface area contributed by atoms with Crippen molar-refractivity contribution < 1.29 is 18.0 Å². The second-order valence-electron chi connectivity index (χ2n) is 4.41. The molecule has 1 amide bonds. The summed E-state index contributed by atoms with van der Waals surface area (Å²) in [6.45, 7) is 1.69. The standard InChI is InChI=1S/C13H11ClF3N3O/c1-7-9(6-18-20(7)2)12(21)19-8-3-4-11(14)10(5-8)13(15,16)17/h3-6H,1-2H3,(H,19,21). The molecule has 1 aromatic carbocycles. The molecular weight excluding hydrogens is 307 g/mol. The van der Waals surface area contributed by atoms with Crippen LogP contribution in [0.4, 0.5) is 18.9 Å². The van der Waals surface area contributed by atoms with Crippen LogP contribution in [0.25, 0.3) is 0 Å². The number of carbonyl (C=O) groups is 1. The number of alkyl halides is 3. The minimum absolute atomic E-state index is 0.0139. The van der Waals surface area contributed by atoms with Gasteiger partial charge in [-0.1, -0.05) is 11.6 Å². The van der Waals surface area contributed by atoms with Crippen LogP contribution in [0.3, 0.4) is 0 Å². The predicted octanol–water partition coefficient (Wildman–Crippen LogP) is 3.65. The summed E-state index contributed by atoms with van der Waals surface area (Å²) >= 11 is 5.52. The van der Waals surface area contributed by atoms with Crippen LogP contribution in [0.5, 0.6) is 0 Å². The Kier molecular flexibility index (Phi) is 3.95. The summed E-state index contributed by atoms with van der Waals surface area (Å²) in [6.07, 6.45) is -3.23. The third-order valence-corrected chi connectivity index (χ3v) is 3.34. The molecule has 0 saturated carbocycles. The molecule has 0 radical (unpaired) electrons. The third-order valence-electron chi connectivity index (χ3n) is 3.01. The second kappa shape index (κ2) is 5.40. The first-order valence-electron chi connectivity index (χ1n) is 5.87. The van der Waals surface area contributed by atoms with Gasteiger partial charge in [0.25, 0.3) is 5.91 Å². The van der Waals surface area contributed by atoms with Gasteiger partial charge in [-0.2, -0.15) is 18.3 Å². The fraction of sp³-hybridized carbons (Fsp3) is 0.231. The minimum Gasteiger partial charge on any atom is -0.322 e. The van der Waals surface area contributed by atoms with E-state index in [9.17, 15) is 18.0 Å². The monoisotopic (exact) mass is 317 g/mol. The molecule has 1 heterocycles. The number of carbonyl (C=O) groups excluding carboxylic acids is 1. The third kappa shape index (κ3) is 3.18. The maximum absolute atomic E-state index is 12.7. The number of amides is 1. The number of rotatable bonds is 2. The average molecular weight is 318 g/mol. The maximum atomic E-state index is 12.7. The Morgan fingerprint density at radius 2 is 2.05 bits per heavy atom. The van der Waals surface area contributed by atoms with Gasteiger partial charge in [0.2, 0.25) is 0 Å². The van der Waals surface area contributed by atoms with E-state index in [0.29, 0.717) is 11.3 Å². The number of halogens is 4. The van der Waals surface area contributed by atoms with E-state index in [1.165, 1.54) is 16.9 Å². The molecule has 21 heavy (non-hydrogen) atoms. The molecule has 0 saturated heterocycles. The summed E-state index contributed by atoms with van der Waals surface area (Å²) in [5.41, 5.74) is -0.0802. The molecule has 2 rings (SSSR count). The van der Waals surface area contributed by atoms with E-state index in [1.54, 1.807) is 14.0 Å². The Hall–Kier alpha value is -2.02. The average Bonchev–Trinajstić information content (AvgIpc) is 2.71. The van der Waals surface area contributed by atoms with Gasteiger partial charge >= 0.3 is 6.18 Å². The lowest BCUT2D eigenvalue weighted by atomic mass is 10.1. The number of aryl methyl sites for hydroxylation is 1. The normalized spacial score (nSPS) is 11.5. The first-order chi connectivity index (χ1) is 9.70. The van der Waals surface area contributed by atoms with Gasteiger partial charge in [-0.3, -0.25) is 9.48 Å². The molecule has 0 unspecified atom stereocenters. The van der Waals surface area contributed by atoms with E-state index >= 15 is 0 Å². The summed E-state index contributed by atoms with van der Waals surface area (Å²) in [7, 11) is 1.66. The zero-order chi connectivity index (χ0) is 15.8. The number of nitrogens with zero attached hydrogens (tertiary/aromatic N) is 2. The van der Waals surface area contributed by atoms with Crippen molar-refractivity contribution in [3.05, 3.63) is 46.2 Å². The van der Waals surface area contributed by atoms with Crippen molar-refractivity contribution in [2.45, 2.75) is 13.1 Å². The topological polar surface area (TPSA) is 46.9 Å². The lowest BCUT2D eigenvalue weighted by molar-refractivity contribution is -0.137. The molecule has 8 heteroatoms.